The maximum Gasteiger partial charge on any atom is 0.406 e. The van der Waals surface area contributed by atoms with Gasteiger partial charge in [0, 0.05) is 5.69 Å². The lowest BCUT2D eigenvalue weighted by Crippen LogP contribution is -2.38. The van der Waals surface area contributed by atoms with Crippen LogP contribution in [0.25, 0.3) is 0 Å². The molecule has 0 saturated heterocycles. The van der Waals surface area contributed by atoms with Crippen LogP contribution in [0.3, 0.4) is 0 Å². The third kappa shape index (κ3) is 1.83. The zero-order valence-corrected chi connectivity index (χ0v) is 8.41. The smallest absolute Gasteiger partial charge is 0.398 e. The molecule has 2 N–H and O–H groups in total. The van der Waals surface area contributed by atoms with Crippen LogP contribution >= 0.6 is 0 Å². The fraction of sp³-hybridized carbons (Fsp3) is 0.200. The zero-order valence-electron chi connectivity index (χ0n) is 8.41. The Hall–Kier alpha value is -2.05. The second-order valence-electron chi connectivity index (χ2n) is 3.58. The maximum absolute atomic E-state index is 12.2. The lowest BCUT2D eigenvalue weighted by Gasteiger charge is -2.15. The van der Waals surface area contributed by atoms with E-state index < -0.39 is 24.5 Å². The van der Waals surface area contributed by atoms with Crippen LogP contribution in [0.1, 0.15) is 20.7 Å². The number of nitrogens with two attached hydrogens (primary N) is 1. The lowest BCUT2D eigenvalue weighted by atomic mass is 10.1. The van der Waals surface area contributed by atoms with Crippen LogP contribution in [0.2, 0.25) is 0 Å². The van der Waals surface area contributed by atoms with Crippen LogP contribution < -0.4 is 5.73 Å². The van der Waals surface area contributed by atoms with E-state index in [4.69, 9.17) is 5.73 Å². The zero-order chi connectivity index (χ0) is 12.8. The maximum atomic E-state index is 12.2. The van der Waals surface area contributed by atoms with Gasteiger partial charge in [0.1, 0.15) is 6.54 Å². The molecule has 17 heavy (non-hydrogen) atoms. The summed E-state index contributed by atoms with van der Waals surface area (Å²) >= 11 is 0. The van der Waals surface area contributed by atoms with E-state index in [1.165, 1.54) is 18.2 Å². The van der Waals surface area contributed by atoms with E-state index in [1.807, 2.05) is 0 Å². The number of carbonyl (C=O) groups excluding carboxylic acids is 2. The Labute approximate surface area is 93.8 Å². The number of imide groups is 1. The fourth-order valence-electron chi connectivity index (χ4n) is 1.68. The monoisotopic (exact) mass is 244 g/mol. The van der Waals surface area contributed by atoms with Gasteiger partial charge in [-0.3, -0.25) is 14.5 Å². The van der Waals surface area contributed by atoms with Crippen LogP contribution in [0, 0.1) is 0 Å². The van der Waals surface area contributed by atoms with E-state index in [2.05, 4.69) is 0 Å². The molecule has 2 rings (SSSR count). The molecule has 1 aliphatic heterocycles. The largest absolute Gasteiger partial charge is 0.406 e. The Morgan fingerprint density at radius 1 is 1.18 bits per heavy atom. The Bertz CT molecular complexity index is 511. The second-order valence-corrected chi connectivity index (χ2v) is 3.58. The van der Waals surface area contributed by atoms with Crippen LogP contribution in [-0.4, -0.2) is 29.4 Å². The van der Waals surface area contributed by atoms with E-state index in [0.717, 1.165) is 0 Å². The predicted molar refractivity (Wildman–Crippen MR) is 52.3 cm³/mol. The number of fused-ring (bicyclic) bond motifs is 1. The van der Waals surface area contributed by atoms with Crippen molar-refractivity contribution in [3.63, 3.8) is 0 Å². The molecule has 90 valence electrons. The van der Waals surface area contributed by atoms with Crippen molar-refractivity contribution in [1.82, 2.24) is 4.90 Å². The number of benzene rings is 1. The summed E-state index contributed by atoms with van der Waals surface area (Å²) in [6.45, 7) is -1.60. The van der Waals surface area contributed by atoms with Gasteiger partial charge in [-0.05, 0) is 12.1 Å². The van der Waals surface area contributed by atoms with Gasteiger partial charge in [0.25, 0.3) is 11.8 Å². The highest BCUT2D eigenvalue weighted by Gasteiger charge is 2.43. The van der Waals surface area contributed by atoms with E-state index in [9.17, 15) is 22.8 Å². The number of nitrogen functional groups attached to an aromatic ring is 1. The third-order valence-electron chi connectivity index (χ3n) is 2.37. The van der Waals surface area contributed by atoms with Crippen molar-refractivity contribution in [1.29, 1.82) is 0 Å². The van der Waals surface area contributed by atoms with Gasteiger partial charge in [0.05, 0.1) is 11.1 Å². The summed E-state index contributed by atoms with van der Waals surface area (Å²) in [5.41, 5.74) is 5.24. The Balaban J connectivity index is 2.43. The quantitative estimate of drug-likeness (QED) is 0.600. The molecule has 0 aliphatic carbocycles. The van der Waals surface area contributed by atoms with Gasteiger partial charge in [-0.2, -0.15) is 13.2 Å². The molecule has 2 amide bonds. The van der Waals surface area contributed by atoms with Crippen LogP contribution in [-0.2, 0) is 0 Å². The number of anilines is 1. The number of nitrogens with zero attached hydrogens (tertiary/aromatic N) is 1. The first kappa shape index (κ1) is 11.4. The topological polar surface area (TPSA) is 63.4 Å². The molecular weight excluding hydrogens is 237 g/mol. The summed E-state index contributed by atoms with van der Waals surface area (Å²) in [6, 6.07) is 4.06. The summed E-state index contributed by atoms with van der Waals surface area (Å²) in [5, 5.41) is 0. The molecule has 4 nitrogen and oxygen atoms in total. The number of rotatable bonds is 1. The first-order valence-electron chi connectivity index (χ1n) is 4.62. The highest BCUT2D eigenvalue weighted by atomic mass is 19.4. The molecule has 0 bridgehead atoms. The number of amides is 2. The fourth-order valence-corrected chi connectivity index (χ4v) is 1.68. The molecule has 1 heterocycles. The normalized spacial score (nSPS) is 15.4. The molecule has 7 heteroatoms. The summed E-state index contributed by atoms with van der Waals surface area (Å²) < 4.78 is 36.6. The van der Waals surface area contributed by atoms with Crippen LogP contribution in [0.4, 0.5) is 18.9 Å². The Morgan fingerprint density at radius 3 is 2.35 bits per heavy atom. The van der Waals surface area contributed by atoms with Gasteiger partial charge >= 0.3 is 6.18 Å². The first-order chi connectivity index (χ1) is 7.81. The number of carbonyl (C=O) groups is 2. The Kier molecular flexibility index (Phi) is 2.34. The SMILES string of the molecule is Nc1cccc2c1C(=O)N(CC(F)(F)F)C2=O. The highest BCUT2D eigenvalue weighted by Crippen LogP contribution is 2.29. The number of halogens is 3. The molecule has 0 saturated carbocycles. The summed E-state index contributed by atoms with van der Waals surface area (Å²) in [6.07, 6.45) is -4.62. The molecule has 1 aromatic rings. The van der Waals surface area contributed by atoms with Gasteiger partial charge in [-0.1, -0.05) is 6.07 Å². The molecule has 0 fully saturated rings. The molecule has 1 aliphatic rings. The molecular formula is C10H7F3N2O2. The van der Waals surface area contributed by atoms with Gasteiger partial charge in [0.15, 0.2) is 0 Å². The van der Waals surface area contributed by atoms with Crippen molar-refractivity contribution in [3.8, 4) is 0 Å². The van der Waals surface area contributed by atoms with Gasteiger partial charge in [-0.15, -0.1) is 0 Å². The minimum atomic E-state index is -4.62. The van der Waals surface area contributed by atoms with Crippen molar-refractivity contribution >= 4 is 17.5 Å². The molecule has 0 atom stereocenters. The number of alkyl halides is 3. The van der Waals surface area contributed by atoms with Crippen molar-refractivity contribution in [2.75, 3.05) is 12.3 Å². The Morgan fingerprint density at radius 2 is 1.82 bits per heavy atom. The molecule has 0 spiro atoms. The van der Waals surface area contributed by atoms with E-state index >= 15 is 0 Å². The minimum absolute atomic E-state index is 0.00512. The molecule has 0 unspecified atom stereocenters. The second kappa shape index (κ2) is 3.47. The average molecular weight is 244 g/mol. The first-order valence-corrected chi connectivity index (χ1v) is 4.62. The molecule has 1 aromatic carbocycles. The summed E-state index contributed by atoms with van der Waals surface area (Å²) in [5.74, 6) is -1.96. The predicted octanol–water partition coefficient (Wildman–Crippen LogP) is 1.43. The average Bonchev–Trinajstić information content (AvgIpc) is 2.43. The van der Waals surface area contributed by atoms with Crippen molar-refractivity contribution in [3.05, 3.63) is 29.3 Å². The number of hydrogen-bond donors (Lipinski definition) is 1. The van der Waals surface area contributed by atoms with Gasteiger partial charge < -0.3 is 5.73 Å². The van der Waals surface area contributed by atoms with Crippen molar-refractivity contribution in [2.45, 2.75) is 6.18 Å². The van der Waals surface area contributed by atoms with Crippen LogP contribution in [0.5, 0.6) is 0 Å². The summed E-state index contributed by atoms with van der Waals surface area (Å²) in [4.78, 5) is 23.4. The van der Waals surface area contributed by atoms with E-state index in [0.29, 0.717) is 0 Å². The lowest BCUT2D eigenvalue weighted by molar-refractivity contribution is -0.136. The van der Waals surface area contributed by atoms with Crippen molar-refractivity contribution < 1.29 is 22.8 Å². The highest BCUT2D eigenvalue weighted by molar-refractivity contribution is 6.23. The van der Waals surface area contributed by atoms with E-state index in [-0.39, 0.29) is 21.7 Å². The minimum Gasteiger partial charge on any atom is -0.398 e. The van der Waals surface area contributed by atoms with Gasteiger partial charge in [0.2, 0.25) is 0 Å². The molecule has 0 radical (unpaired) electrons. The summed E-state index contributed by atoms with van der Waals surface area (Å²) in [7, 11) is 0. The third-order valence-corrected chi connectivity index (χ3v) is 2.37. The standard InChI is InChI=1S/C10H7F3N2O2/c11-10(12,13)4-15-8(16)5-2-1-3-6(14)7(5)9(15)17/h1-3H,4,14H2. The number of hydrogen-bond acceptors (Lipinski definition) is 3. The van der Waals surface area contributed by atoms with Crippen LogP contribution in [0.15, 0.2) is 18.2 Å². The molecule has 0 aromatic heterocycles. The van der Waals surface area contributed by atoms with Gasteiger partial charge in [-0.25, -0.2) is 0 Å². The van der Waals surface area contributed by atoms with Crippen molar-refractivity contribution in [2.24, 2.45) is 0 Å². The van der Waals surface area contributed by atoms with E-state index in [1.54, 1.807) is 0 Å².